The summed E-state index contributed by atoms with van der Waals surface area (Å²) >= 11 is 0. The average Bonchev–Trinajstić information content (AvgIpc) is 2.71. The number of carbonyl (C=O) groups excluding carboxylic acids is 1. The molecule has 0 saturated carbocycles. The molecular formula is C22H28N2O4S. The first-order chi connectivity index (χ1) is 13.7. The number of nitrogens with zero attached hydrogens (tertiary/aromatic N) is 2. The van der Waals surface area contributed by atoms with E-state index in [2.05, 4.69) is 6.07 Å². The summed E-state index contributed by atoms with van der Waals surface area (Å²) in [5.41, 5.74) is 3.23. The molecule has 3 rings (SSSR count). The summed E-state index contributed by atoms with van der Waals surface area (Å²) in [6.45, 7) is 9.00. The second kappa shape index (κ2) is 8.55. The molecule has 0 spiro atoms. The maximum Gasteiger partial charge on any atom is 0.263 e. The van der Waals surface area contributed by atoms with Crippen LogP contribution in [0.3, 0.4) is 0 Å². The number of sulfonamides is 1. The Balaban J connectivity index is 1.63. The zero-order chi connectivity index (χ0) is 21.2. The van der Waals surface area contributed by atoms with Gasteiger partial charge in [0.1, 0.15) is 5.75 Å². The molecule has 0 radical (unpaired) electrons. The Morgan fingerprint density at radius 1 is 1.00 bits per heavy atom. The third kappa shape index (κ3) is 4.62. The number of hydrogen-bond acceptors (Lipinski definition) is 4. The zero-order valence-electron chi connectivity index (χ0n) is 17.4. The molecule has 29 heavy (non-hydrogen) atoms. The zero-order valence-corrected chi connectivity index (χ0v) is 18.2. The van der Waals surface area contributed by atoms with Crippen LogP contribution in [0.15, 0.2) is 47.4 Å². The summed E-state index contributed by atoms with van der Waals surface area (Å²) in [5.74, 6) is 0.592. The Bertz CT molecular complexity index is 981. The van der Waals surface area contributed by atoms with E-state index in [-0.39, 0.29) is 23.9 Å². The van der Waals surface area contributed by atoms with Crippen molar-refractivity contribution in [3.05, 3.63) is 59.2 Å². The van der Waals surface area contributed by atoms with Crippen molar-refractivity contribution in [2.24, 2.45) is 0 Å². The third-order valence-corrected chi connectivity index (χ3v) is 7.26. The quantitative estimate of drug-likeness (QED) is 0.752. The summed E-state index contributed by atoms with van der Waals surface area (Å²) < 4.78 is 32.9. The molecule has 1 saturated heterocycles. The van der Waals surface area contributed by atoms with Crippen LogP contribution in [-0.2, 0) is 14.8 Å². The minimum atomic E-state index is -3.53. The van der Waals surface area contributed by atoms with Crippen molar-refractivity contribution < 1.29 is 17.9 Å². The van der Waals surface area contributed by atoms with Crippen LogP contribution in [0, 0.1) is 20.8 Å². The summed E-state index contributed by atoms with van der Waals surface area (Å²) in [4.78, 5) is 14.8. The van der Waals surface area contributed by atoms with Crippen molar-refractivity contribution in [1.29, 1.82) is 0 Å². The molecule has 1 amide bonds. The molecule has 1 unspecified atom stereocenters. The van der Waals surface area contributed by atoms with E-state index in [1.165, 1.54) is 4.31 Å². The Hall–Kier alpha value is -2.38. The molecule has 1 atom stereocenters. The minimum absolute atomic E-state index is 0.125. The minimum Gasteiger partial charge on any atom is -0.481 e. The number of hydrogen-bond donors (Lipinski definition) is 0. The van der Waals surface area contributed by atoms with Gasteiger partial charge in [-0.3, -0.25) is 4.79 Å². The Labute approximate surface area is 173 Å². The summed E-state index contributed by atoms with van der Waals surface area (Å²) in [7, 11) is -3.53. The Morgan fingerprint density at radius 2 is 1.62 bits per heavy atom. The molecule has 156 valence electrons. The van der Waals surface area contributed by atoms with Crippen LogP contribution >= 0.6 is 0 Å². The van der Waals surface area contributed by atoms with E-state index < -0.39 is 16.1 Å². The van der Waals surface area contributed by atoms with Crippen LogP contribution in [0.2, 0.25) is 0 Å². The van der Waals surface area contributed by atoms with Crippen molar-refractivity contribution in [2.45, 2.75) is 38.7 Å². The predicted molar refractivity (Wildman–Crippen MR) is 113 cm³/mol. The molecule has 1 aliphatic rings. The van der Waals surface area contributed by atoms with Gasteiger partial charge in [0, 0.05) is 26.2 Å². The van der Waals surface area contributed by atoms with Crippen LogP contribution in [0.5, 0.6) is 5.75 Å². The van der Waals surface area contributed by atoms with Crippen molar-refractivity contribution in [3.63, 3.8) is 0 Å². The number of carbonyl (C=O) groups is 1. The van der Waals surface area contributed by atoms with Gasteiger partial charge in [0.2, 0.25) is 10.0 Å². The first kappa shape index (κ1) is 21.3. The van der Waals surface area contributed by atoms with Crippen LogP contribution < -0.4 is 4.74 Å². The van der Waals surface area contributed by atoms with Gasteiger partial charge in [-0.1, -0.05) is 24.3 Å². The van der Waals surface area contributed by atoms with Gasteiger partial charge in [-0.2, -0.15) is 4.31 Å². The average molecular weight is 417 g/mol. The molecule has 0 bridgehead atoms. The standard InChI is InChI=1S/C22H28N2O4S/c1-16-14-17(2)18(3)21(15-16)28-19(4)22(25)23-10-12-24(13-11-23)29(26,27)20-8-6-5-7-9-20/h5-9,14-15,19H,10-13H2,1-4H3. The molecule has 0 aromatic heterocycles. The number of rotatable bonds is 5. The highest BCUT2D eigenvalue weighted by molar-refractivity contribution is 7.89. The van der Waals surface area contributed by atoms with Gasteiger partial charge < -0.3 is 9.64 Å². The molecular weight excluding hydrogens is 388 g/mol. The number of piperazine rings is 1. The highest BCUT2D eigenvalue weighted by Gasteiger charge is 2.32. The molecule has 1 aliphatic heterocycles. The fourth-order valence-electron chi connectivity index (χ4n) is 3.51. The maximum absolute atomic E-state index is 12.8. The Kier molecular flexibility index (Phi) is 6.29. The lowest BCUT2D eigenvalue weighted by Crippen LogP contribution is -2.53. The topological polar surface area (TPSA) is 66.9 Å². The molecule has 1 heterocycles. The monoisotopic (exact) mass is 416 g/mol. The van der Waals surface area contributed by atoms with Gasteiger partial charge in [0.05, 0.1) is 4.90 Å². The number of aryl methyl sites for hydroxylation is 2. The van der Waals surface area contributed by atoms with Crippen LogP contribution in [0.25, 0.3) is 0 Å². The van der Waals surface area contributed by atoms with Crippen molar-refractivity contribution in [2.75, 3.05) is 26.2 Å². The molecule has 6 nitrogen and oxygen atoms in total. The lowest BCUT2D eigenvalue weighted by molar-refractivity contribution is -0.139. The van der Waals surface area contributed by atoms with Gasteiger partial charge in [-0.25, -0.2) is 8.42 Å². The van der Waals surface area contributed by atoms with E-state index in [9.17, 15) is 13.2 Å². The number of ether oxygens (including phenoxy) is 1. The van der Waals surface area contributed by atoms with E-state index in [0.717, 1.165) is 16.7 Å². The fourth-order valence-corrected chi connectivity index (χ4v) is 4.95. The van der Waals surface area contributed by atoms with Gasteiger partial charge in [-0.15, -0.1) is 0 Å². The summed E-state index contributed by atoms with van der Waals surface area (Å²) in [6, 6.07) is 12.4. The van der Waals surface area contributed by atoms with Gasteiger partial charge in [-0.05, 0) is 62.6 Å². The third-order valence-electron chi connectivity index (χ3n) is 5.35. The van der Waals surface area contributed by atoms with E-state index in [1.54, 1.807) is 42.2 Å². The van der Waals surface area contributed by atoms with E-state index in [1.807, 2.05) is 26.8 Å². The summed E-state index contributed by atoms with van der Waals surface area (Å²) in [6.07, 6.45) is -0.632. The van der Waals surface area contributed by atoms with Gasteiger partial charge in [0.25, 0.3) is 5.91 Å². The first-order valence-corrected chi connectivity index (χ1v) is 11.2. The Morgan fingerprint density at radius 3 is 2.24 bits per heavy atom. The van der Waals surface area contributed by atoms with E-state index in [0.29, 0.717) is 18.8 Å². The van der Waals surface area contributed by atoms with Crippen molar-refractivity contribution >= 4 is 15.9 Å². The fraction of sp³-hybridized carbons (Fsp3) is 0.409. The predicted octanol–water partition coefficient (Wildman–Crippen LogP) is 2.91. The first-order valence-electron chi connectivity index (χ1n) is 9.78. The number of amides is 1. The molecule has 2 aromatic rings. The van der Waals surface area contributed by atoms with Crippen LogP contribution in [0.4, 0.5) is 0 Å². The SMILES string of the molecule is Cc1cc(C)c(C)c(OC(C)C(=O)N2CCN(S(=O)(=O)c3ccccc3)CC2)c1. The molecule has 7 heteroatoms. The molecule has 0 aliphatic carbocycles. The molecule has 2 aromatic carbocycles. The van der Waals surface area contributed by atoms with Crippen molar-refractivity contribution in [1.82, 2.24) is 9.21 Å². The second-order valence-electron chi connectivity index (χ2n) is 7.51. The highest BCUT2D eigenvalue weighted by atomic mass is 32.2. The van der Waals surface area contributed by atoms with E-state index >= 15 is 0 Å². The smallest absolute Gasteiger partial charge is 0.263 e. The largest absolute Gasteiger partial charge is 0.481 e. The summed E-state index contributed by atoms with van der Waals surface area (Å²) in [5, 5.41) is 0. The van der Waals surface area contributed by atoms with Gasteiger partial charge >= 0.3 is 0 Å². The van der Waals surface area contributed by atoms with E-state index in [4.69, 9.17) is 4.74 Å². The lowest BCUT2D eigenvalue weighted by atomic mass is 10.1. The van der Waals surface area contributed by atoms with Crippen LogP contribution in [0.1, 0.15) is 23.6 Å². The number of benzene rings is 2. The molecule has 0 N–H and O–H groups in total. The lowest BCUT2D eigenvalue weighted by Gasteiger charge is -2.35. The van der Waals surface area contributed by atoms with Crippen molar-refractivity contribution in [3.8, 4) is 5.75 Å². The van der Waals surface area contributed by atoms with Crippen LogP contribution in [-0.4, -0.2) is 55.8 Å². The van der Waals surface area contributed by atoms with Gasteiger partial charge in [0.15, 0.2) is 6.10 Å². The molecule has 1 fully saturated rings. The maximum atomic E-state index is 12.8. The normalized spacial score (nSPS) is 16.5. The highest BCUT2D eigenvalue weighted by Crippen LogP contribution is 2.25. The second-order valence-corrected chi connectivity index (χ2v) is 9.45.